The Kier molecular flexibility index (Phi) is 8.14. The summed E-state index contributed by atoms with van der Waals surface area (Å²) < 4.78 is 26.4. The Bertz CT molecular complexity index is 851. The minimum absolute atomic E-state index is 0.253. The molecule has 8 heteroatoms. The molecule has 29 heavy (non-hydrogen) atoms. The van der Waals surface area contributed by atoms with Crippen molar-refractivity contribution in [2.75, 3.05) is 39.4 Å². The molecule has 0 saturated heterocycles. The molecule has 156 valence electrons. The van der Waals surface area contributed by atoms with Crippen molar-refractivity contribution < 1.29 is 33.3 Å². The second-order valence-electron chi connectivity index (χ2n) is 5.72. The van der Waals surface area contributed by atoms with Gasteiger partial charge < -0.3 is 29.0 Å². The largest absolute Gasteiger partial charge is 0.497 e. The number of carbonyl (C=O) groups excluding carboxylic acids is 2. The molecule has 2 rings (SSSR count). The number of hydrogen-bond acceptors (Lipinski definition) is 7. The molecule has 8 nitrogen and oxygen atoms in total. The van der Waals surface area contributed by atoms with Crippen molar-refractivity contribution in [3.63, 3.8) is 0 Å². The molecule has 0 aromatic heterocycles. The molecule has 0 saturated carbocycles. The van der Waals surface area contributed by atoms with Crippen LogP contribution in [0.5, 0.6) is 23.0 Å². The van der Waals surface area contributed by atoms with Crippen LogP contribution in [0.25, 0.3) is 0 Å². The number of methoxy groups -OCH3 is 2. The van der Waals surface area contributed by atoms with Crippen LogP contribution in [-0.4, -0.2) is 45.9 Å². The van der Waals surface area contributed by atoms with Crippen molar-refractivity contribution in [3.8, 4) is 23.0 Å². The van der Waals surface area contributed by atoms with E-state index in [1.54, 1.807) is 30.3 Å². The van der Waals surface area contributed by atoms with E-state index in [0.717, 1.165) is 0 Å². The zero-order valence-electron chi connectivity index (χ0n) is 16.9. The van der Waals surface area contributed by atoms with Crippen LogP contribution in [0.3, 0.4) is 0 Å². The molecule has 0 aliphatic heterocycles. The van der Waals surface area contributed by atoms with Crippen molar-refractivity contribution in [1.82, 2.24) is 0 Å². The summed E-state index contributed by atoms with van der Waals surface area (Å²) in [5, 5.41) is 2.63. The van der Waals surface area contributed by atoms with Gasteiger partial charge >= 0.3 is 5.97 Å². The molecule has 2 aromatic rings. The van der Waals surface area contributed by atoms with Crippen LogP contribution in [0.1, 0.15) is 24.2 Å². The maximum Gasteiger partial charge on any atom is 0.338 e. The van der Waals surface area contributed by atoms with E-state index < -0.39 is 18.5 Å². The molecule has 1 N–H and O–H groups in total. The molecule has 0 unspecified atom stereocenters. The predicted octanol–water partition coefficient (Wildman–Crippen LogP) is 3.30. The zero-order chi connectivity index (χ0) is 21.2. The Morgan fingerprint density at radius 3 is 2.21 bits per heavy atom. The van der Waals surface area contributed by atoms with Crippen LogP contribution in [0.2, 0.25) is 0 Å². The minimum Gasteiger partial charge on any atom is -0.497 e. The summed E-state index contributed by atoms with van der Waals surface area (Å²) in [5.41, 5.74) is 0.663. The fourth-order valence-corrected chi connectivity index (χ4v) is 2.49. The standard InChI is InChI=1S/C21H25NO7/c1-5-27-18-9-7-14(11-19(18)28-6-2)21(24)29-13-20(23)22-16-12-15(25-3)8-10-17(16)26-4/h7-12H,5-6,13H2,1-4H3,(H,22,23). The lowest BCUT2D eigenvalue weighted by Gasteiger charge is -2.13. The van der Waals surface area contributed by atoms with Crippen molar-refractivity contribution in [2.45, 2.75) is 13.8 Å². The average Bonchev–Trinajstić information content (AvgIpc) is 2.73. The fourth-order valence-electron chi connectivity index (χ4n) is 2.49. The van der Waals surface area contributed by atoms with E-state index in [-0.39, 0.29) is 5.56 Å². The van der Waals surface area contributed by atoms with Gasteiger partial charge in [0.1, 0.15) is 11.5 Å². The van der Waals surface area contributed by atoms with E-state index in [1.807, 2.05) is 13.8 Å². The summed E-state index contributed by atoms with van der Waals surface area (Å²) >= 11 is 0. The Balaban J connectivity index is 2.01. The molecular weight excluding hydrogens is 378 g/mol. The maximum absolute atomic E-state index is 12.3. The summed E-state index contributed by atoms with van der Waals surface area (Å²) in [4.78, 5) is 24.5. The number of carbonyl (C=O) groups is 2. The third-order valence-electron chi connectivity index (χ3n) is 3.79. The SMILES string of the molecule is CCOc1ccc(C(=O)OCC(=O)Nc2cc(OC)ccc2OC)cc1OCC. The van der Waals surface area contributed by atoms with Gasteiger partial charge in [0.25, 0.3) is 5.91 Å². The Hall–Kier alpha value is -3.42. The van der Waals surface area contributed by atoms with Gasteiger partial charge in [0.2, 0.25) is 0 Å². The normalized spacial score (nSPS) is 10.1. The van der Waals surface area contributed by atoms with Crippen LogP contribution in [0.4, 0.5) is 5.69 Å². The van der Waals surface area contributed by atoms with Gasteiger partial charge in [-0.25, -0.2) is 4.79 Å². The molecule has 0 fully saturated rings. The van der Waals surface area contributed by atoms with Gasteiger partial charge in [-0.2, -0.15) is 0 Å². The zero-order valence-corrected chi connectivity index (χ0v) is 16.9. The molecule has 0 aliphatic carbocycles. The van der Waals surface area contributed by atoms with Gasteiger partial charge in [-0.3, -0.25) is 4.79 Å². The van der Waals surface area contributed by atoms with Crippen molar-refractivity contribution in [1.29, 1.82) is 0 Å². The summed E-state index contributed by atoms with van der Waals surface area (Å²) in [5.74, 6) is 0.819. The Morgan fingerprint density at radius 2 is 1.55 bits per heavy atom. The highest BCUT2D eigenvalue weighted by Gasteiger charge is 2.15. The quantitative estimate of drug-likeness (QED) is 0.609. The van der Waals surface area contributed by atoms with E-state index in [9.17, 15) is 9.59 Å². The number of rotatable bonds is 10. The van der Waals surface area contributed by atoms with E-state index in [0.29, 0.717) is 41.9 Å². The lowest BCUT2D eigenvalue weighted by Crippen LogP contribution is -2.21. The highest BCUT2D eigenvalue weighted by Crippen LogP contribution is 2.30. The van der Waals surface area contributed by atoms with Crippen molar-refractivity contribution in [3.05, 3.63) is 42.0 Å². The van der Waals surface area contributed by atoms with E-state index in [2.05, 4.69) is 5.32 Å². The first kappa shape index (κ1) is 21.9. The van der Waals surface area contributed by atoms with Crippen LogP contribution in [-0.2, 0) is 9.53 Å². The Labute approximate surface area is 169 Å². The van der Waals surface area contributed by atoms with Gasteiger partial charge in [-0.1, -0.05) is 0 Å². The van der Waals surface area contributed by atoms with Crippen LogP contribution in [0.15, 0.2) is 36.4 Å². The highest BCUT2D eigenvalue weighted by molar-refractivity contribution is 5.96. The summed E-state index contributed by atoms with van der Waals surface area (Å²) in [6.07, 6.45) is 0. The first-order valence-corrected chi connectivity index (χ1v) is 9.11. The number of nitrogens with one attached hydrogen (secondary N) is 1. The molecule has 0 spiro atoms. The van der Waals surface area contributed by atoms with Crippen molar-refractivity contribution >= 4 is 17.6 Å². The lowest BCUT2D eigenvalue weighted by atomic mass is 10.2. The summed E-state index contributed by atoms with van der Waals surface area (Å²) in [6, 6.07) is 9.69. The van der Waals surface area contributed by atoms with E-state index in [4.69, 9.17) is 23.7 Å². The monoisotopic (exact) mass is 403 g/mol. The topological polar surface area (TPSA) is 92.3 Å². The van der Waals surface area contributed by atoms with E-state index in [1.165, 1.54) is 20.3 Å². The van der Waals surface area contributed by atoms with Gasteiger partial charge in [0, 0.05) is 6.07 Å². The molecule has 0 atom stereocenters. The molecule has 0 radical (unpaired) electrons. The number of ether oxygens (including phenoxy) is 5. The Morgan fingerprint density at radius 1 is 0.862 bits per heavy atom. The molecular formula is C21H25NO7. The van der Waals surface area contributed by atoms with Crippen molar-refractivity contribution in [2.24, 2.45) is 0 Å². The summed E-state index contributed by atoms with van der Waals surface area (Å²) in [6.45, 7) is 4.11. The summed E-state index contributed by atoms with van der Waals surface area (Å²) in [7, 11) is 3.00. The molecule has 1 amide bonds. The molecule has 0 bridgehead atoms. The van der Waals surface area contributed by atoms with Gasteiger partial charge in [0.15, 0.2) is 18.1 Å². The fraction of sp³-hybridized carbons (Fsp3) is 0.333. The maximum atomic E-state index is 12.3. The predicted molar refractivity (Wildman–Crippen MR) is 107 cm³/mol. The smallest absolute Gasteiger partial charge is 0.338 e. The third-order valence-corrected chi connectivity index (χ3v) is 3.79. The van der Waals surface area contributed by atoms with E-state index >= 15 is 0 Å². The minimum atomic E-state index is -0.651. The van der Waals surface area contributed by atoms with Gasteiger partial charge in [-0.15, -0.1) is 0 Å². The third kappa shape index (κ3) is 6.03. The second-order valence-corrected chi connectivity index (χ2v) is 5.72. The first-order valence-electron chi connectivity index (χ1n) is 9.11. The number of hydrogen-bond donors (Lipinski definition) is 1. The lowest BCUT2D eigenvalue weighted by molar-refractivity contribution is -0.119. The van der Waals surface area contributed by atoms with Gasteiger partial charge in [0.05, 0.1) is 38.7 Å². The highest BCUT2D eigenvalue weighted by atomic mass is 16.5. The van der Waals surface area contributed by atoms with Crippen LogP contribution < -0.4 is 24.3 Å². The molecule has 2 aromatic carbocycles. The van der Waals surface area contributed by atoms with Crippen LogP contribution >= 0.6 is 0 Å². The van der Waals surface area contributed by atoms with Gasteiger partial charge in [-0.05, 0) is 44.2 Å². The number of anilines is 1. The second kappa shape index (κ2) is 10.8. The number of benzene rings is 2. The molecule has 0 heterocycles. The first-order chi connectivity index (χ1) is 14.0. The van der Waals surface area contributed by atoms with Crippen LogP contribution in [0, 0.1) is 0 Å². The average molecular weight is 403 g/mol. The molecule has 0 aliphatic rings. The number of amides is 1. The number of esters is 1.